The normalized spacial score (nSPS) is 17.1. The summed E-state index contributed by atoms with van der Waals surface area (Å²) in [6.45, 7) is 22.0. The minimum absolute atomic E-state index is 0.0820. The van der Waals surface area contributed by atoms with Gasteiger partial charge in [0, 0.05) is 51.7 Å². The number of aryl methyl sites for hydroxylation is 1. The summed E-state index contributed by atoms with van der Waals surface area (Å²) < 4.78 is 1.97. The lowest BCUT2D eigenvalue weighted by Gasteiger charge is -2.28. The van der Waals surface area contributed by atoms with E-state index in [1.807, 2.05) is 6.08 Å². The molecule has 0 amide bonds. The molecule has 2 heterocycles. The van der Waals surface area contributed by atoms with E-state index in [2.05, 4.69) is 162 Å². The Labute approximate surface area is 355 Å². The second-order valence-electron chi connectivity index (χ2n) is 16.0. The fourth-order valence-corrected chi connectivity index (χ4v) is 11.1. The number of anilines is 1. The van der Waals surface area contributed by atoms with Crippen LogP contribution in [0.1, 0.15) is 115 Å². The highest BCUT2D eigenvalue weighted by atomic mass is 32.2. The molecule has 4 nitrogen and oxygen atoms in total. The third-order valence-electron chi connectivity index (χ3n) is 11.3. The zero-order valence-electron chi connectivity index (χ0n) is 35.1. The van der Waals surface area contributed by atoms with Crippen molar-refractivity contribution in [3.05, 3.63) is 153 Å². The van der Waals surface area contributed by atoms with Crippen molar-refractivity contribution in [2.45, 2.75) is 119 Å². The van der Waals surface area contributed by atoms with Gasteiger partial charge in [0.2, 0.25) is 0 Å². The van der Waals surface area contributed by atoms with E-state index in [9.17, 15) is 0 Å². The van der Waals surface area contributed by atoms with Crippen molar-refractivity contribution in [3.63, 3.8) is 0 Å². The van der Waals surface area contributed by atoms with Crippen molar-refractivity contribution in [2.24, 2.45) is 4.99 Å². The van der Waals surface area contributed by atoms with Gasteiger partial charge in [-0.05, 0) is 89.3 Å². The van der Waals surface area contributed by atoms with Crippen LogP contribution in [0, 0.1) is 0 Å². The second-order valence-corrected chi connectivity index (χ2v) is 19.5. The molecule has 0 N–H and O–H groups in total. The summed E-state index contributed by atoms with van der Waals surface area (Å²) in [4.78, 5) is 9.15. The molecule has 2 aliphatic rings. The summed E-state index contributed by atoms with van der Waals surface area (Å²) in [5.74, 6) is 0.857. The van der Waals surface area contributed by atoms with Gasteiger partial charge in [0.1, 0.15) is 0 Å². The fraction of sp³-hybridized carbons (Fsp3) is 0.380. The monoisotopic (exact) mass is 812 g/mol. The Bertz CT molecular complexity index is 2160. The summed E-state index contributed by atoms with van der Waals surface area (Å²) in [7, 11) is 0. The van der Waals surface area contributed by atoms with Gasteiger partial charge in [0.15, 0.2) is 8.68 Å². The standard InChI is InChI=1S/C50H60N4S3/c1-9-13-33-51-44(49(5,6)41-20-16-15-19-38(41)12-4)31-29-39-27-28-40(30-32-45-50(7,8)42-21-17-18-22-43(42)54(45)34-14-10-2)46(39)56-48-53-52-47(57-48)55-35-37-25-23-36(11-3)24-26-37/h11,15-26,29-32H,3,9-10,12-14,27-28,33-35H2,1-2,4-8H3/b31-29+,40-30+,45-32+,51-44?. The molecule has 0 atom stereocenters. The third-order valence-corrected chi connectivity index (χ3v) is 14.7. The molecule has 0 spiro atoms. The number of benzene rings is 3. The maximum Gasteiger partial charge on any atom is 0.179 e. The lowest BCUT2D eigenvalue weighted by Crippen LogP contribution is -2.29. The van der Waals surface area contributed by atoms with Gasteiger partial charge in [-0.15, -0.1) is 10.2 Å². The molecule has 0 unspecified atom stereocenters. The van der Waals surface area contributed by atoms with Crippen LogP contribution in [0.25, 0.3) is 6.08 Å². The van der Waals surface area contributed by atoms with Crippen molar-refractivity contribution in [2.75, 3.05) is 18.0 Å². The highest BCUT2D eigenvalue weighted by Crippen LogP contribution is 2.49. The number of aromatic nitrogens is 2. The molecule has 1 aliphatic heterocycles. The van der Waals surface area contributed by atoms with Crippen LogP contribution in [0.4, 0.5) is 5.69 Å². The molecule has 0 saturated carbocycles. The zero-order chi connectivity index (χ0) is 40.4. The SMILES string of the molecule is C=Cc1ccc(CSc2nnc(SC3=C(/C=C/C(=NCCCC)C(C)(C)c4ccccc4CC)CC/C3=C\C=C3\N(CCCC)c4ccccc4C3(C)C)s2)cc1. The van der Waals surface area contributed by atoms with E-state index < -0.39 is 0 Å². The average Bonchev–Trinajstić information content (AvgIpc) is 3.90. The van der Waals surface area contributed by atoms with Crippen LogP contribution < -0.4 is 4.90 Å². The number of aliphatic imine (C=N–C) groups is 1. The predicted molar refractivity (Wildman–Crippen MR) is 251 cm³/mol. The number of allylic oxidation sites excluding steroid dienone is 7. The van der Waals surface area contributed by atoms with E-state index in [1.54, 1.807) is 34.9 Å². The van der Waals surface area contributed by atoms with E-state index in [-0.39, 0.29) is 10.8 Å². The lowest BCUT2D eigenvalue weighted by molar-refractivity contribution is 0.624. The number of para-hydroxylation sites is 1. The second kappa shape index (κ2) is 19.7. The Balaban J connectivity index is 1.36. The Morgan fingerprint density at radius 1 is 0.912 bits per heavy atom. The third kappa shape index (κ3) is 10.0. The number of nitrogens with zero attached hydrogens (tertiary/aromatic N) is 4. The molecule has 6 rings (SSSR count). The molecule has 7 heteroatoms. The molecule has 4 aromatic rings. The fourth-order valence-electron chi connectivity index (χ4n) is 7.88. The van der Waals surface area contributed by atoms with Gasteiger partial charge >= 0.3 is 0 Å². The Morgan fingerprint density at radius 3 is 2.40 bits per heavy atom. The summed E-state index contributed by atoms with van der Waals surface area (Å²) in [6, 6.07) is 26.4. The first-order chi connectivity index (χ1) is 27.6. The van der Waals surface area contributed by atoms with Gasteiger partial charge in [-0.2, -0.15) is 0 Å². The quantitative estimate of drug-likeness (QED) is 0.0569. The topological polar surface area (TPSA) is 41.4 Å². The maximum atomic E-state index is 5.28. The minimum atomic E-state index is -0.227. The number of hydrogen-bond donors (Lipinski definition) is 0. The summed E-state index contributed by atoms with van der Waals surface area (Å²) in [5.41, 5.74) is 12.8. The molecule has 298 valence electrons. The Morgan fingerprint density at radius 2 is 1.65 bits per heavy atom. The Kier molecular flexibility index (Phi) is 14.7. The molecule has 1 aliphatic carbocycles. The van der Waals surface area contributed by atoms with Crippen LogP contribution in [-0.4, -0.2) is 29.0 Å². The lowest BCUT2D eigenvalue weighted by atomic mass is 9.76. The van der Waals surface area contributed by atoms with Crippen molar-refractivity contribution in [1.29, 1.82) is 0 Å². The smallest absolute Gasteiger partial charge is 0.179 e. The molecular formula is C50H60N4S3. The van der Waals surface area contributed by atoms with Crippen LogP contribution in [0.3, 0.4) is 0 Å². The first-order valence-electron chi connectivity index (χ1n) is 20.8. The highest BCUT2D eigenvalue weighted by Gasteiger charge is 2.39. The van der Waals surface area contributed by atoms with Crippen LogP contribution in [0.2, 0.25) is 0 Å². The van der Waals surface area contributed by atoms with Crippen molar-refractivity contribution < 1.29 is 0 Å². The molecular weight excluding hydrogens is 753 g/mol. The number of fused-ring (bicyclic) bond motifs is 1. The van der Waals surface area contributed by atoms with Crippen LogP contribution in [0.5, 0.6) is 0 Å². The van der Waals surface area contributed by atoms with Crippen molar-refractivity contribution in [3.8, 4) is 0 Å². The molecule has 3 aromatic carbocycles. The van der Waals surface area contributed by atoms with E-state index in [0.717, 1.165) is 77.3 Å². The molecule has 0 radical (unpaired) electrons. The summed E-state index contributed by atoms with van der Waals surface area (Å²) in [6.07, 6.45) is 18.9. The van der Waals surface area contributed by atoms with Crippen LogP contribution >= 0.6 is 34.9 Å². The van der Waals surface area contributed by atoms with Gasteiger partial charge in [0.05, 0.1) is 0 Å². The van der Waals surface area contributed by atoms with E-state index in [4.69, 9.17) is 10.1 Å². The average molecular weight is 813 g/mol. The van der Waals surface area contributed by atoms with E-state index in [1.165, 1.54) is 56.1 Å². The van der Waals surface area contributed by atoms with Crippen molar-refractivity contribution in [1.82, 2.24) is 10.2 Å². The number of hydrogen-bond acceptors (Lipinski definition) is 7. The van der Waals surface area contributed by atoms with Gasteiger partial charge < -0.3 is 4.90 Å². The van der Waals surface area contributed by atoms with Gasteiger partial charge in [-0.3, -0.25) is 4.99 Å². The van der Waals surface area contributed by atoms with Gasteiger partial charge in [-0.1, -0.05) is 188 Å². The van der Waals surface area contributed by atoms with E-state index in [0.29, 0.717) is 0 Å². The van der Waals surface area contributed by atoms with Gasteiger partial charge in [-0.25, -0.2) is 0 Å². The number of unbranched alkanes of at least 4 members (excludes halogenated alkanes) is 2. The summed E-state index contributed by atoms with van der Waals surface area (Å²) >= 11 is 5.23. The van der Waals surface area contributed by atoms with Crippen molar-refractivity contribution >= 4 is 52.3 Å². The van der Waals surface area contributed by atoms with Gasteiger partial charge in [0.25, 0.3) is 0 Å². The number of rotatable bonds is 18. The molecule has 57 heavy (non-hydrogen) atoms. The first-order valence-corrected chi connectivity index (χ1v) is 23.4. The number of thioether (sulfide) groups is 2. The first kappa shape index (κ1) is 42.7. The Hall–Kier alpha value is -3.91. The summed E-state index contributed by atoms with van der Waals surface area (Å²) in [5, 5.41) is 9.37. The minimum Gasteiger partial charge on any atom is -0.344 e. The molecule has 0 saturated heterocycles. The zero-order valence-corrected chi connectivity index (χ0v) is 37.6. The predicted octanol–water partition coefficient (Wildman–Crippen LogP) is 14.4. The van der Waals surface area contributed by atoms with E-state index >= 15 is 0 Å². The largest absolute Gasteiger partial charge is 0.344 e. The maximum absolute atomic E-state index is 5.28. The molecule has 0 bridgehead atoms. The highest BCUT2D eigenvalue weighted by molar-refractivity contribution is 8.05. The molecule has 1 aromatic heterocycles. The molecule has 0 fully saturated rings. The van der Waals surface area contributed by atoms with Crippen LogP contribution in [-0.2, 0) is 23.0 Å². The van der Waals surface area contributed by atoms with Crippen LogP contribution in [0.15, 0.2) is 139 Å².